The highest BCUT2D eigenvalue weighted by atomic mass is 32.2. The summed E-state index contributed by atoms with van der Waals surface area (Å²) in [6.45, 7) is 3.23. The molecule has 1 aromatic carbocycles. The second kappa shape index (κ2) is 9.24. The van der Waals surface area contributed by atoms with E-state index in [1.54, 1.807) is 6.92 Å². The number of aryl methyl sites for hydroxylation is 1. The normalized spacial score (nSPS) is 16.2. The van der Waals surface area contributed by atoms with Gasteiger partial charge in [-0.2, -0.15) is 0 Å². The van der Waals surface area contributed by atoms with Crippen molar-refractivity contribution in [2.75, 3.05) is 5.32 Å². The lowest BCUT2D eigenvalue weighted by atomic mass is 10.1. The van der Waals surface area contributed by atoms with Crippen molar-refractivity contribution in [3.63, 3.8) is 0 Å². The molecule has 32 heavy (non-hydrogen) atoms. The summed E-state index contributed by atoms with van der Waals surface area (Å²) >= 11 is 0. The van der Waals surface area contributed by atoms with Crippen LogP contribution < -0.4 is 10.0 Å². The van der Waals surface area contributed by atoms with Gasteiger partial charge >= 0.3 is 0 Å². The van der Waals surface area contributed by atoms with E-state index in [-0.39, 0.29) is 27.8 Å². The van der Waals surface area contributed by atoms with Crippen molar-refractivity contribution >= 4 is 21.6 Å². The van der Waals surface area contributed by atoms with Crippen molar-refractivity contribution in [3.05, 3.63) is 47.0 Å². The Hall–Kier alpha value is -2.37. The Morgan fingerprint density at radius 2 is 1.97 bits per heavy atom. The summed E-state index contributed by atoms with van der Waals surface area (Å²) in [5.41, 5.74) is -0.735. The predicted molar refractivity (Wildman–Crippen MR) is 113 cm³/mol. The monoisotopic (exact) mass is 473 g/mol. The number of nitrogens with zero attached hydrogens (tertiary/aromatic N) is 1. The smallest absolute Gasteiger partial charge is 0.272 e. The van der Waals surface area contributed by atoms with Gasteiger partial charge in [-0.05, 0) is 55.9 Å². The lowest BCUT2D eigenvalue weighted by Gasteiger charge is -2.22. The topological polar surface area (TPSA) is 100 Å². The third kappa shape index (κ3) is 5.00. The maximum atomic E-state index is 13.5. The molecule has 176 valence electrons. The molecular weight excluding hydrogens is 447 g/mol. The zero-order valence-corrected chi connectivity index (χ0v) is 18.7. The summed E-state index contributed by atoms with van der Waals surface area (Å²) in [6, 6.07) is 2.14. The Morgan fingerprint density at radius 3 is 2.53 bits per heavy atom. The van der Waals surface area contributed by atoms with Crippen molar-refractivity contribution in [1.29, 1.82) is 0 Å². The van der Waals surface area contributed by atoms with E-state index in [4.69, 9.17) is 0 Å². The molecule has 1 unspecified atom stereocenters. The molecule has 0 spiro atoms. The van der Waals surface area contributed by atoms with E-state index in [1.165, 1.54) is 24.7 Å². The number of aliphatic hydroxyl groups excluding tert-OH is 1. The highest BCUT2D eigenvalue weighted by molar-refractivity contribution is 7.89. The van der Waals surface area contributed by atoms with E-state index >= 15 is 0 Å². The Morgan fingerprint density at radius 1 is 1.31 bits per heavy atom. The zero-order valence-electron chi connectivity index (χ0n) is 17.9. The van der Waals surface area contributed by atoms with Crippen LogP contribution in [0.2, 0.25) is 0 Å². The third-order valence-electron chi connectivity index (χ3n) is 5.65. The number of hydrogen-bond donors (Lipinski definition) is 3. The minimum absolute atomic E-state index is 0.00378. The Labute approximate surface area is 184 Å². The van der Waals surface area contributed by atoms with Crippen molar-refractivity contribution in [2.24, 2.45) is 13.0 Å². The van der Waals surface area contributed by atoms with Gasteiger partial charge in [0.25, 0.3) is 12.3 Å². The summed E-state index contributed by atoms with van der Waals surface area (Å²) in [6.07, 6.45) is -0.464. The minimum Gasteiger partial charge on any atom is -0.391 e. The van der Waals surface area contributed by atoms with Crippen molar-refractivity contribution < 1.29 is 31.5 Å². The number of nitrogens with one attached hydrogen (secondary N) is 2. The van der Waals surface area contributed by atoms with Gasteiger partial charge in [0.05, 0.1) is 11.7 Å². The molecule has 1 aliphatic rings. The molecular formula is C21H26F3N3O4S. The fraction of sp³-hybridized carbons (Fsp3) is 0.476. The number of sulfonamides is 1. The molecule has 0 radical (unpaired) electrons. The molecule has 2 atom stereocenters. The average Bonchev–Trinajstić information content (AvgIpc) is 3.51. The first-order chi connectivity index (χ1) is 15.0. The molecule has 0 saturated heterocycles. The number of aliphatic hydroxyl groups is 1. The Kier molecular flexibility index (Phi) is 7.01. The third-order valence-corrected chi connectivity index (χ3v) is 7.25. The summed E-state index contributed by atoms with van der Waals surface area (Å²) in [5.74, 6) is -1.75. The number of amides is 1. The van der Waals surface area contributed by atoms with Gasteiger partial charge in [-0.25, -0.2) is 26.3 Å². The molecule has 0 aliphatic heterocycles. The number of halogens is 3. The van der Waals surface area contributed by atoms with Gasteiger partial charge in [-0.3, -0.25) is 4.79 Å². The molecule has 1 aliphatic carbocycles. The first-order valence-electron chi connectivity index (χ1n) is 10.2. The first kappa shape index (κ1) is 24.3. The van der Waals surface area contributed by atoms with E-state index in [1.807, 2.05) is 0 Å². The van der Waals surface area contributed by atoms with Gasteiger partial charge in [0.15, 0.2) is 0 Å². The number of carbonyl (C=O) groups excluding carboxylic acids is 1. The van der Waals surface area contributed by atoms with Crippen LogP contribution in [0.25, 0.3) is 0 Å². The van der Waals surface area contributed by atoms with Crippen LogP contribution in [0.4, 0.5) is 18.9 Å². The molecule has 3 rings (SSSR count). The molecule has 1 saturated carbocycles. The van der Waals surface area contributed by atoms with Crippen LogP contribution in [-0.2, 0) is 17.1 Å². The largest absolute Gasteiger partial charge is 0.391 e. The second-order valence-corrected chi connectivity index (χ2v) is 9.72. The van der Waals surface area contributed by atoms with Gasteiger partial charge in [-0.1, -0.05) is 6.92 Å². The fourth-order valence-electron chi connectivity index (χ4n) is 3.72. The SMILES string of the molecule is CC[C@@H](NS(=O)(=O)c1cn(C)c(C(=O)Nc2ccc(F)c(C(F)F)c2)c1C)C(O)C1CC1. The lowest BCUT2D eigenvalue weighted by Crippen LogP contribution is -2.43. The highest BCUT2D eigenvalue weighted by Gasteiger charge is 2.37. The number of carbonyl (C=O) groups is 1. The van der Waals surface area contributed by atoms with Gasteiger partial charge in [0, 0.05) is 25.0 Å². The first-order valence-corrected chi connectivity index (χ1v) is 11.7. The Balaban J connectivity index is 1.85. The van der Waals surface area contributed by atoms with Crippen molar-refractivity contribution in [2.45, 2.75) is 56.6 Å². The maximum absolute atomic E-state index is 13.5. The zero-order chi connectivity index (χ0) is 23.8. The fourth-order valence-corrected chi connectivity index (χ4v) is 5.35. The molecule has 1 fully saturated rings. The molecule has 3 N–H and O–H groups in total. The van der Waals surface area contributed by atoms with Crippen LogP contribution >= 0.6 is 0 Å². The number of alkyl halides is 2. The minimum atomic E-state index is -4.04. The van der Waals surface area contributed by atoms with E-state index in [0.717, 1.165) is 31.0 Å². The summed E-state index contributed by atoms with van der Waals surface area (Å²) in [5, 5.41) is 12.8. The van der Waals surface area contributed by atoms with Gasteiger partial charge in [0.1, 0.15) is 16.4 Å². The highest BCUT2D eigenvalue weighted by Crippen LogP contribution is 2.35. The number of benzene rings is 1. The van der Waals surface area contributed by atoms with Crippen molar-refractivity contribution in [1.82, 2.24) is 9.29 Å². The molecule has 1 aromatic heterocycles. The Bertz CT molecular complexity index is 1110. The van der Waals surface area contributed by atoms with E-state index < -0.39 is 45.9 Å². The second-order valence-electron chi connectivity index (χ2n) is 8.03. The van der Waals surface area contributed by atoms with Crippen LogP contribution in [0.15, 0.2) is 29.3 Å². The standard InChI is InChI=1S/C21H26F3N3O4S/c1-4-16(19(28)12-5-6-12)26-32(30,31)17-10-27(3)18(11(17)2)21(29)25-13-7-8-15(22)14(9-13)20(23)24/h7-10,12,16,19-20,26,28H,4-6H2,1-3H3,(H,25,29)/t16-,19?/m1/s1. The van der Waals surface area contributed by atoms with E-state index in [0.29, 0.717) is 6.42 Å². The lowest BCUT2D eigenvalue weighted by molar-refractivity contribution is 0.101. The quantitative estimate of drug-likeness (QED) is 0.519. The predicted octanol–water partition coefficient (Wildman–Crippen LogP) is 3.49. The van der Waals surface area contributed by atoms with Crippen molar-refractivity contribution in [3.8, 4) is 0 Å². The summed E-state index contributed by atoms with van der Waals surface area (Å²) < 4.78 is 69.2. The molecule has 0 bridgehead atoms. The van der Waals surface area contributed by atoms with Gasteiger partial charge < -0.3 is 15.0 Å². The van der Waals surface area contributed by atoms with Crippen LogP contribution in [0, 0.1) is 18.7 Å². The van der Waals surface area contributed by atoms with Crippen LogP contribution in [0.3, 0.4) is 0 Å². The van der Waals surface area contributed by atoms with Crippen LogP contribution in [0.5, 0.6) is 0 Å². The number of aromatic nitrogens is 1. The van der Waals surface area contributed by atoms with Crippen LogP contribution in [-0.4, -0.2) is 36.1 Å². The van der Waals surface area contributed by atoms with E-state index in [2.05, 4.69) is 10.0 Å². The summed E-state index contributed by atoms with van der Waals surface area (Å²) in [4.78, 5) is 12.7. The number of rotatable bonds is 9. The van der Waals surface area contributed by atoms with E-state index in [9.17, 15) is 31.5 Å². The maximum Gasteiger partial charge on any atom is 0.272 e. The molecule has 11 heteroatoms. The molecule has 7 nitrogen and oxygen atoms in total. The molecule has 2 aromatic rings. The van der Waals surface area contributed by atoms with Gasteiger partial charge in [-0.15, -0.1) is 0 Å². The number of anilines is 1. The number of hydrogen-bond acceptors (Lipinski definition) is 4. The molecule has 1 heterocycles. The summed E-state index contributed by atoms with van der Waals surface area (Å²) in [7, 11) is -2.57. The van der Waals surface area contributed by atoms with Crippen LogP contribution in [0.1, 0.15) is 54.2 Å². The van der Waals surface area contributed by atoms with Gasteiger partial charge in [0.2, 0.25) is 10.0 Å². The molecule has 1 amide bonds. The average molecular weight is 474 g/mol.